The van der Waals surface area contributed by atoms with Crippen LogP contribution in [-0.2, 0) is 0 Å². The third-order valence-electron chi connectivity index (χ3n) is 2.21. The number of esters is 1. The fourth-order valence-corrected chi connectivity index (χ4v) is 1.39. The quantitative estimate of drug-likeness (QED) is 0.470. The predicted octanol–water partition coefficient (Wildman–Crippen LogP) is 2.19. The Labute approximate surface area is 98.3 Å². The van der Waals surface area contributed by atoms with Crippen LogP contribution in [-0.4, -0.2) is 11.1 Å². The number of hydrogen-bond donors (Lipinski definition) is 2. The number of carbonyl (C=O) groups excluding carboxylic acids is 1. The summed E-state index contributed by atoms with van der Waals surface area (Å²) >= 11 is 0. The molecule has 0 unspecified atom stereocenters. The van der Waals surface area contributed by atoms with Crippen LogP contribution in [0.5, 0.6) is 11.5 Å². The molecule has 0 aliphatic carbocycles. The lowest BCUT2D eigenvalue weighted by Crippen LogP contribution is -2.10. The first kappa shape index (κ1) is 11.0. The molecule has 2 aromatic carbocycles. The number of aromatic hydroxyl groups is 1. The summed E-state index contributed by atoms with van der Waals surface area (Å²) in [4.78, 5) is 11.8. The molecule has 4 nitrogen and oxygen atoms in total. The van der Waals surface area contributed by atoms with Crippen molar-refractivity contribution in [1.82, 2.24) is 0 Å². The van der Waals surface area contributed by atoms with Gasteiger partial charge in [0.05, 0.1) is 5.56 Å². The molecule has 0 amide bonds. The number of phenolic OH excluding ortho intramolecular Hbond substituents is 1. The van der Waals surface area contributed by atoms with Crippen LogP contribution >= 0.6 is 0 Å². The Morgan fingerprint density at radius 3 is 2.47 bits per heavy atom. The van der Waals surface area contributed by atoms with Gasteiger partial charge >= 0.3 is 5.97 Å². The summed E-state index contributed by atoms with van der Waals surface area (Å²) in [6.45, 7) is 0. The maximum atomic E-state index is 11.8. The van der Waals surface area contributed by atoms with Crippen LogP contribution in [0.1, 0.15) is 10.4 Å². The van der Waals surface area contributed by atoms with Gasteiger partial charge in [0.2, 0.25) is 0 Å². The molecular formula is C13H11NO3. The van der Waals surface area contributed by atoms with Crippen molar-refractivity contribution in [1.29, 1.82) is 0 Å². The largest absolute Gasteiger partial charge is 0.508 e. The van der Waals surface area contributed by atoms with Gasteiger partial charge in [0.15, 0.2) is 0 Å². The summed E-state index contributed by atoms with van der Waals surface area (Å²) in [5.74, 6) is -0.0857. The van der Waals surface area contributed by atoms with E-state index in [4.69, 9.17) is 10.5 Å². The van der Waals surface area contributed by atoms with E-state index >= 15 is 0 Å². The molecule has 0 aliphatic rings. The Bertz CT molecular complexity index is 538. The zero-order valence-corrected chi connectivity index (χ0v) is 8.96. The van der Waals surface area contributed by atoms with E-state index in [1.54, 1.807) is 24.3 Å². The Hall–Kier alpha value is -2.49. The van der Waals surface area contributed by atoms with E-state index in [1.165, 1.54) is 18.2 Å². The summed E-state index contributed by atoms with van der Waals surface area (Å²) in [5, 5.41) is 9.18. The second-order valence-corrected chi connectivity index (χ2v) is 3.47. The number of para-hydroxylation sites is 1. The lowest BCUT2D eigenvalue weighted by molar-refractivity contribution is 0.0736. The van der Waals surface area contributed by atoms with Crippen LogP contribution in [0.15, 0.2) is 48.5 Å². The maximum absolute atomic E-state index is 11.8. The van der Waals surface area contributed by atoms with Gasteiger partial charge in [0.1, 0.15) is 11.5 Å². The molecule has 4 heteroatoms. The third kappa shape index (κ3) is 2.55. The minimum Gasteiger partial charge on any atom is -0.508 e. The van der Waals surface area contributed by atoms with Crippen molar-refractivity contribution in [2.75, 3.05) is 5.73 Å². The first-order valence-electron chi connectivity index (χ1n) is 5.02. The highest BCUT2D eigenvalue weighted by Gasteiger charge is 2.12. The van der Waals surface area contributed by atoms with Crippen molar-refractivity contribution >= 4 is 11.7 Å². The van der Waals surface area contributed by atoms with Crippen molar-refractivity contribution in [3.05, 3.63) is 54.1 Å². The average Bonchev–Trinajstić information content (AvgIpc) is 2.30. The lowest BCUT2D eigenvalue weighted by Gasteiger charge is -2.06. The zero-order valence-electron chi connectivity index (χ0n) is 8.96. The molecule has 0 fully saturated rings. The van der Waals surface area contributed by atoms with Gasteiger partial charge in [0, 0.05) is 11.8 Å². The Balaban J connectivity index is 2.21. The summed E-state index contributed by atoms with van der Waals surface area (Å²) < 4.78 is 5.12. The van der Waals surface area contributed by atoms with Gasteiger partial charge in [-0.3, -0.25) is 0 Å². The molecule has 2 rings (SSSR count). The smallest absolute Gasteiger partial charge is 0.345 e. The van der Waals surface area contributed by atoms with Crippen molar-refractivity contribution in [3.8, 4) is 11.5 Å². The molecule has 0 aromatic heterocycles. The van der Waals surface area contributed by atoms with E-state index in [-0.39, 0.29) is 17.0 Å². The van der Waals surface area contributed by atoms with Gasteiger partial charge in [0.25, 0.3) is 0 Å². The fraction of sp³-hybridized carbons (Fsp3) is 0. The van der Waals surface area contributed by atoms with E-state index < -0.39 is 5.97 Å². The number of rotatable bonds is 2. The topological polar surface area (TPSA) is 72.5 Å². The molecule has 0 saturated heterocycles. The number of nitrogens with two attached hydrogens (primary N) is 1. The summed E-state index contributed by atoms with van der Waals surface area (Å²) in [6.07, 6.45) is 0. The van der Waals surface area contributed by atoms with Crippen LogP contribution in [0.25, 0.3) is 0 Å². The number of phenols is 1. The van der Waals surface area contributed by atoms with Crippen molar-refractivity contribution < 1.29 is 14.6 Å². The lowest BCUT2D eigenvalue weighted by atomic mass is 10.2. The summed E-state index contributed by atoms with van der Waals surface area (Å²) in [6, 6.07) is 12.8. The summed E-state index contributed by atoms with van der Waals surface area (Å²) in [5.41, 5.74) is 6.03. The monoisotopic (exact) mass is 229 g/mol. The van der Waals surface area contributed by atoms with Gasteiger partial charge in [-0.15, -0.1) is 0 Å². The molecule has 0 aliphatic heterocycles. The molecule has 0 heterocycles. The molecular weight excluding hydrogens is 218 g/mol. The van der Waals surface area contributed by atoms with Gasteiger partial charge < -0.3 is 15.6 Å². The second kappa shape index (κ2) is 4.57. The Morgan fingerprint density at radius 1 is 1.12 bits per heavy atom. The van der Waals surface area contributed by atoms with E-state index in [0.717, 1.165) is 0 Å². The number of nitrogen functional groups attached to an aromatic ring is 1. The molecule has 0 radical (unpaired) electrons. The van der Waals surface area contributed by atoms with Crippen LogP contribution in [0.3, 0.4) is 0 Å². The zero-order chi connectivity index (χ0) is 12.3. The number of anilines is 1. The Morgan fingerprint density at radius 2 is 1.82 bits per heavy atom. The molecule has 3 N–H and O–H groups in total. The minimum atomic E-state index is -0.547. The summed E-state index contributed by atoms with van der Waals surface area (Å²) in [7, 11) is 0. The molecule has 0 atom stereocenters. The van der Waals surface area contributed by atoms with Gasteiger partial charge in [-0.05, 0) is 24.3 Å². The molecule has 0 saturated carbocycles. The molecule has 17 heavy (non-hydrogen) atoms. The number of ether oxygens (including phenoxy) is 1. The molecule has 2 aromatic rings. The predicted molar refractivity (Wildman–Crippen MR) is 63.9 cm³/mol. The highest BCUT2D eigenvalue weighted by atomic mass is 16.5. The van der Waals surface area contributed by atoms with E-state index in [9.17, 15) is 9.90 Å². The SMILES string of the molecule is Nc1cc(O)ccc1C(=O)Oc1ccccc1. The third-order valence-corrected chi connectivity index (χ3v) is 2.21. The number of carbonyl (C=O) groups is 1. The first-order chi connectivity index (χ1) is 8.16. The fourth-order valence-electron chi connectivity index (χ4n) is 1.39. The number of hydrogen-bond acceptors (Lipinski definition) is 4. The molecule has 0 spiro atoms. The number of benzene rings is 2. The van der Waals surface area contributed by atoms with Crippen LogP contribution in [0.2, 0.25) is 0 Å². The van der Waals surface area contributed by atoms with E-state index in [2.05, 4.69) is 0 Å². The van der Waals surface area contributed by atoms with Crippen molar-refractivity contribution in [2.45, 2.75) is 0 Å². The first-order valence-corrected chi connectivity index (χ1v) is 5.02. The van der Waals surface area contributed by atoms with Gasteiger partial charge in [-0.25, -0.2) is 4.79 Å². The van der Waals surface area contributed by atoms with E-state index in [0.29, 0.717) is 5.75 Å². The van der Waals surface area contributed by atoms with Crippen LogP contribution in [0.4, 0.5) is 5.69 Å². The van der Waals surface area contributed by atoms with Gasteiger partial charge in [-0.1, -0.05) is 18.2 Å². The molecule has 0 bridgehead atoms. The minimum absolute atomic E-state index is 0.0127. The normalized spacial score (nSPS) is 9.88. The average molecular weight is 229 g/mol. The highest BCUT2D eigenvalue weighted by Crippen LogP contribution is 2.20. The standard InChI is InChI=1S/C13H11NO3/c14-12-8-9(15)6-7-11(12)13(16)17-10-4-2-1-3-5-10/h1-8,15H,14H2. The maximum Gasteiger partial charge on any atom is 0.345 e. The van der Waals surface area contributed by atoms with Gasteiger partial charge in [-0.2, -0.15) is 0 Å². The van der Waals surface area contributed by atoms with Crippen molar-refractivity contribution in [3.63, 3.8) is 0 Å². The molecule has 86 valence electrons. The van der Waals surface area contributed by atoms with Crippen molar-refractivity contribution in [2.24, 2.45) is 0 Å². The van der Waals surface area contributed by atoms with Crippen LogP contribution < -0.4 is 10.5 Å². The second-order valence-electron chi connectivity index (χ2n) is 3.47. The highest BCUT2D eigenvalue weighted by molar-refractivity contribution is 5.96. The Kier molecular flexibility index (Phi) is 2.96. The van der Waals surface area contributed by atoms with E-state index in [1.807, 2.05) is 6.07 Å². The van der Waals surface area contributed by atoms with Crippen LogP contribution in [0, 0.1) is 0 Å².